The van der Waals surface area contributed by atoms with E-state index in [1.54, 1.807) is 66.7 Å². The summed E-state index contributed by atoms with van der Waals surface area (Å²) >= 11 is 6.43. The summed E-state index contributed by atoms with van der Waals surface area (Å²) in [6.07, 6.45) is 2.05. The molecule has 0 spiro atoms. The highest BCUT2D eigenvalue weighted by Crippen LogP contribution is 2.28. The monoisotopic (exact) mass is 585 g/mol. The standard InChI is InChI=1S/C30H36ClN3O5S/c1-4-6-19-32-30(36)28(5-2)33(21-23-13-10-11-18-27(23)31)29(35)22-34(24-14-12-15-25(20-24)39-3)40(37,38)26-16-8-7-9-17-26/h7-18,20,28H,4-6,19,21-22H2,1-3H3,(H,32,36). The normalized spacial score (nSPS) is 11.9. The van der Waals surface area contributed by atoms with Crippen molar-refractivity contribution in [1.29, 1.82) is 0 Å². The third-order valence-corrected chi connectivity index (χ3v) is 8.62. The molecule has 0 aromatic heterocycles. The van der Waals surface area contributed by atoms with E-state index in [0.29, 0.717) is 29.3 Å². The number of hydrogen-bond donors (Lipinski definition) is 1. The van der Waals surface area contributed by atoms with E-state index in [-0.39, 0.29) is 23.0 Å². The average Bonchev–Trinajstić information content (AvgIpc) is 2.97. The Balaban J connectivity index is 2.05. The number of amides is 2. The van der Waals surface area contributed by atoms with Gasteiger partial charge in [-0.05, 0) is 48.7 Å². The molecular weight excluding hydrogens is 550 g/mol. The molecule has 3 aromatic rings. The number of sulfonamides is 1. The lowest BCUT2D eigenvalue weighted by molar-refractivity contribution is -0.140. The van der Waals surface area contributed by atoms with Gasteiger partial charge in [-0.2, -0.15) is 0 Å². The molecule has 0 aliphatic rings. The van der Waals surface area contributed by atoms with Gasteiger partial charge in [0.25, 0.3) is 10.0 Å². The van der Waals surface area contributed by atoms with Gasteiger partial charge in [-0.3, -0.25) is 13.9 Å². The van der Waals surface area contributed by atoms with E-state index in [4.69, 9.17) is 16.3 Å². The van der Waals surface area contributed by atoms with Crippen molar-refractivity contribution >= 4 is 39.1 Å². The van der Waals surface area contributed by atoms with Gasteiger partial charge in [-0.25, -0.2) is 8.42 Å². The van der Waals surface area contributed by atoms with Crippen molar-refractivity contribution in [1.82, 2.24) is 10.2 Å². The fourth-order valence-corrected chi connectivity index (χ4v) is 5.87. The summed E-state index contributed by atoms with van der Waals surface area (Å²) in [5.74, 6) is -0.400. The number of unbranched alkanes of at least 4 members (excludes halogenated alkanes) is 1. The highest BCUT2D eigenvalue weighted by atomic mass is 35.5. The Morgan fingerprint density at radius 3 is 2.33 bits per heavy atom. The quantitative estimate of drug-likeness (QED) is 0.260. The Hall–Kier alpha value is -3.56. The Kier molecular flexibility index (Phi) is 11.4. The van der Waals surface area contributed by atoms with E-state index in [2.05, 4.69) is 5.32 Å². The van der Waals surface area contributed by atoms with Gasteiger partial charge < -0.3 is 15.0 Å². The van der Waals surface area contributed by atoms with Crippen molar-refractivity contribution in [3.05, 3.63) is 89.4 Å². The van der Waals surface area contributed by atoms with Crippen LogP contribution in [0, 0.1) is 0 Å². The molecule has 2 amide bonds. The number of carbonyl (C=O) groups is 2. The van der Waals surface area contributed by atoms with E-state index < -0.39 is 28.5 Å². The van der Waals surface area contributed by atoms with Crippen molar-refractivity contribution in [2.24, 2.45) is 0 Å². The Labute approximate surface area is 241 Å². The second kappa shape index (κ2) is 14.7. The number of nitrogens with zero attached hydrogens (tertiary/aromatic N) is 2. The van der Waals surface area contributed by atoms with Crippen molar-refractivity contribution in [3.63, 3.8) is 0 Å². The number of anilines is 1. The lowest BCUT2D eigenvalue weighted by Crippen LogP contribution is -2.52. The van der Waals surface area contributed by atoms with Crippen LogP contribution in [0.1, 0.15) is 38.7 Å². The zero-order chi connectivity index (χ0) is 29.1. The Morgan fingerprint density at radius 1 is 0.975 bits per heavy atom. The van der Waals surface area contributed by atoms with Gasteiger partial charge >= 0.3 is 0 Å². The molecule has 1 atom stereocenters. The second-order valence-electron chi connectivity index (χ2n) is 9.21. The molecule has 0 saturated heterocycles. The van der Waals surface area contributed by atoms with Crippen molar-refractivity contribution < 1.29 is 22.7 Å². The molecule has 0 aliphatic heterocycles. The van der Waals surface area contributed by atoms with Crippen LogP contribution < -0.4 is 14.4 Å². The van der Waals surface area contributed by atoms with Gasteiger partial charge in [0.15, 0.2) is 0 Å². The van der Waals surface area contributed by atoms with Crippen molar-refractivity contribution in [2.75, 3.05) is 24.5 Å². The molecule has 0 bridgehead atoms. The van der Waals surface area contributed by atoms with Crippen LogP contribution in [0.3, 0.4) is 0 Å². The van der Waals surface area contributed by atoms with Crippen LogP contribution in [0.15, 0.2) is 83.8 Å². The largest absolute Gasteiger partial charge is 0.497 e. The first-order valence-electron chi connectivity index (χ1n) is 13.2. The maximum atomic E-state index is 14.1. The molecule has 0 heterocycles. The molecular formula is C30H36ClN3O5S. The maximum Gasteiger partial charge on any atom is 0.264 e. The predicted octanol–water partition coefficient (Wildman–Crippen LogP) is 5.27. The SMILES string of the molecule is CCCCNC(=O)C(CC)N(Cc1ccccc1Cl)C(=O)CN(c1cccc(OC)c1)S(=O)(=O)c1ccccc1. The van der Waals surface area contributed by atoms with Gasteiger partial charge in [0, 0.05) is 24.2 Å². The van der Waals surface area contributed by atoms with Crippen LogP contribution in [0.25, 0.3) is 0 Å². The topological polar surface area (TPSA) is 96.0 Å². The molecule has 0 fully saturated rings. The molecule has 3 aromatic carbocycles. The van der Waals surface area contributed by atoms with Gasteiger partial charge in [0.2, 0.25) is 11.8 Å². The van der Waals surface area contributed by atoms with Crippen LogP contribution in [0.5, 0.6) is 5.75 Å². The fourth-order valence-electron chi connectivity index (χ4n) is 4.25. The molecule has 8 nitrogen and oxygen atoms in total. The van der Waals surface area contributed by atoms with Gasteiger partial charge in [-0.1, -0.05) is 74.3 Å². The van der Waals surface area contributed by atoms with Crippen LogP contribution in [0.2, 0.25) is 5.02 Å². The number of ether oxygens (including phenoxy) is 1. The van der Waals surface area contributed by atoms with Crippen LogP contribution >= 0.6 is 11.6 Å². The molecule has 3 rings (SSSR count). The van der Waals surface area contributed by atoms with Crippen molar-refractivity contribution in [2.45, 2.75) is 50.6 Å². The Bertz CT molecular complexity index is 1380. The molecule has 0 radical (unpaired) electrons. The zero-order valence-electron chi connectivity index (χ0n) is 23.0. The highest BCUT2D eigenvalue weighted by Gasteiger charge is 2.34. The number of halogens is 1. The summed E-state index contributed by atoms with van der Waals surface area (Å²) in [5, 5.41) is 3.36. The molecule has 0 aliphatic carbocycles. The van der Waals surface area contributed by atoms with Crippen molar-refractivity contribution in [3.8, 4) is 5.75 Å². The van der Waals surface area contributed by atoms with E-state index >= 15 is 0 Å². The van der Waals surface area contributed by atoms with Crippen LogP contribution in [-0.4, -0.2) is 51.4 Å². The molecule has 214 valence electrons. The first-order valence-corrected chi connectivity index (χ1v) is 15.1. The van der Waals surface area contributed by atoms with Crippen LogP contribution in [-0.2, 0) is 26.2 Å². The molecule has 0 saturated carbocycles. The van der Waals surface area contributed by atoms with E-state index in [1.165, 1.54) is 24.1 Å². The number of methoxy groups -OCH3 is 1. The van der Waals surface area contributed by atoms with Gasteiger partial charge in [0.1, 0.15) is 18.3 Å². The number of rotatable bonds is 14. The minimum atomic E-state index is -4.16. The molecule has 1 unspecified atom stereocenters. The summed E-state index contributed by atoms with van der Waals surface area (Å²) in [6, 6.07) is 20.7. The second-order valence-corrected chi connectivity index (χ2v) is 11.5. The minimum absolute atomic E-state index is 0.0348. The summed E-state index contributed by atoms with van der Waals surface area (Å²) < 4.78 is 34.1. The number of nitrogens with one attached hydrogen (secondary N) is 1. The minimum Gasteiger partial charge on any atom is -0.497 e. The van der Waals surface area contributed by atoms with Gasteiger partial charge in [0.05, 0.1) is 17.7 Å². The fraction of sp³-hybridized carbons (Fsp3) is 0.333. The smallest absolute Gasteiger partial charge is 0.264 e. The summed E-state index contributed by atoms with van der Waals surface area (Å²) in [7, 11) is -2.67. The number of benzene rings is 3. The van der Waals surface area contributed by atoms with Gasteiger partial charge in [-0.15, -0.1) is 0 Å². The highest BCUT2D eigenvalue weighted by molar-refractivity contribution is 7.92. The third-order valence-electron chi connectivity index (χ3n) is 6.47. The maximum absolute atomic E-state index is 14.1. The first kappa shape index (κ1) is 31.0. The summed E-state index contributed by atoms with van der Waals surface area (Å²) in [6.45, 7) is 3.83. The molecule has 1 N–H and O–H groups in total. The Morgan fingerprint density at radius 2 is 1.68 bits per heavy atom. The van der Waals surface area contributed by atoms with Crippen LogP contribution in [0.4, 0.5) is 5.69 Å². The number of carbonyl (C=O) groups excluding carboxylic acids is 2. The molecule has 40 heavy (non-hydrogen) atoms. The lowest BCUT2D eigenvalue weighted by atomic mass is 10.1. The molecule has 10 heteroatoms. The predicted molar refractivity (Wildman–Crippen MR) is 158 cm³/mol. The summed E-state index contributed by atoms with van der Waals surface area (Å²) in [5.41, 5.74) is 0.908. The van der Waals surface area contributed by atoms with E-state index in [0.717, 1.165) is 17.1 Å². The third kappa shape index (κ3) is 7.76. The lowest BCUT2D eigenvalue weighted by Gasteiger charge is -2.33. The summed E-state index contributed by atoms with van der Waals surface area (Å²) in [4.78, 5) is 28.8. The number of hydrogen-bond acceptors (Lipinski definition) is 5. The van der Waals surface area contributed by atoms with E-state index in [9.17, 15) is 18.0 Å². The first-order chi connectivity index (χ1) is 19.2. The zero-order valence-corrected chi connectivity index (χ0v) is 24.6. The van der Waals surface area contributed by atoms with E-state index in [1.807, 2.05) is 13.8 Å². The average molecular weight is 586 g/mol.